The zero-order valence-electron chi connectivity index (χ0n) is 16.1. The normalized spacial score (nSPS) is 24.2. The second-order valence-electron chi connectivity index (χ2n) is 7.05. The number of amides is 1. The number of nitrogens with two attached hydrogens (primary N) is 1. The van der Waals surface area contributed by atoms with E-state index in [1.165, 1.54) is 22.6 Å². The molecule has 1 aromatic heterocycles. The summed E-state index contributed by atoms with van der Waals surface area (Å²) in [6.07, 6.45) is 1.59. The molecule has 0 aromatic carbocycles. The van der Waals surface area contributed by atoms with Gasteiger partial charge in [-0.1, -0.05) is 0 Å². The van der Waals surface area contributed by atoms with Crippen LogP contribution in [0, 0.1) is 17.8 Å². The summed E-state index contributed by atoms with van der Waals surface area (Å²) >= 11 is 0. The van der Waals surface area contributed by atoms with Crippen LogP contribution < -0.4 is 15.8 Å². The van der Waals surface area contributed by atoms with E-state index in [2.05, 4.69) is 10.3 Å². The molecule has 1 saturated heterocycles. The summed E-state index contributed by atoms with van der Waals surface area (Å²) in [6.45, 7) is 1.48. The van der Waals surface area contributed by atoms with Crippen LogP contribution in [-0.2, 0) is 19.6 Å². The van der Waals surface area contributed by atoms with Crippen molar-refractivity contribution in [3.8, 4) is 5.88 Å². The highest BCUT2D eigenvalue weighted by atomic mass is 32.2. The van der Waals surface area contributed by atoms with E-state index in [1.807, 2.05) is 0 Å². The van der Waals surface area contributed by atoms with Gasteiger partial charge in [-0.3, -0.25) is 4.79 Å². The first-order valence-corrected chi connectivity index (χ1v) is 10.7. The second kappa shape index (κ2) is 9.16. The first-order valence-electron chi connectivity index (χ1n) is 9.26. The van der Waals surface area contributed by atoms with E-state index < -0.39 is 10.0 Å². The molecule has 0 radical (unpaired) electrons. The average Bonchev–Trinajstić information content (AvgIpc) is 3.22. The van der Waals surface area contributed by atoms with E-state index in [4.69, 9.17) is 15.2 Å². The molecule has 1 aliphatic carbocycles. The third-order valence-electron chi connectivity index (χ3n) is 5.24. The highest BCUT2D eigenvalue weighted by Crippen LogP contribution is 2.52. The third kappa shape index (κ3) is 4.74. The van der Waals surface area contributed by atoms with Crippen molar-refractivity contribution in [1.82, 2.24) is 14.6 Å². The Labute approximate surface area is 169 Å². The molecular weight excluding hydrogens is 403 g/mol. The number of nitrogens with zero attached hydrogens (tertiary/aromatic N) is 2. The average molecular weight is 428 g/mol. The number of hydrogen-bond donors (Lipinski definition) is 2. The molecule has 1 unspecified atom stereocenters. The van der Waals surface area contributed by atoms with E-state index in [1.54, 1.807) is 7.11 Å². The molecular formula is C18H25FN4O5S. The van der Waals surface area contributed by atoms with Gasteiger partial charge in [-0.05, 0) is 17.9 Å². The van der Waals surface area contributed by atoms with Gasteiger partial charge in [0.2, 0.25) is 21.8 Å². The van der Waals surface area contributed by atoms with Crippen LogP contribution in [0.15, 0.2) is 35.1 Å². The van der Waals surface area contributed by atoms with Gasteiger partial charge in [0.15, 0.2) is 0 Å². The van der Waals surface area contributed by atoms with Gasteiger partial charge in [-0.15, -0.1) is 0 Å². The molecule has 1 aromatic rings. The molecule has 29 heavy (non-hydrogen) atoms. The number of methoxy groups -OCH3 is 1. The molecule has 1 saturated carbocycles. The lowest BCUT2D eigenvalue weighted by molar-refractivity contribution is -0.123. The van der Waals surface area contributed by atoms with Crippen LogP contribution in [-0.4, -0.2) is 70.1 Å². The number of piperidine rings is 1. The minimum absolute atomic E-state index is 0.0195. The molecule has 0 spiro atoms. The zero-order chi connectivity index (χ0) is 21.0. The summed E-state index contributed by atoms with van der Waals surface area (Å²) in [6, 6.07) is 2.82. The topological polar surface area (TPSA) is 124 Å². The Kier molecular flexibility index (Phi) is 6.83. The van der Waals surface area contributed by atoms with Gasteiger partial charge in [0.05, 0.1) is 19.1 Å². The Hall–Kier alpha value is -2.08. The maximum atomic E-state index is 12.8. The first-order chi connectivity index (χ1) is 13.9. The van der Waals surface area contributed by atoms with Crippen molar-refractivity contribution in [2.45, 2.75) is 4.90 Å². The molecule has 9 nitrogen and oxygen atoms in total. The number of sulfonamides is 1. The Bertz CT molecular complexity index is 850. The van der Waals surface area contributed by atoms with E-state index in [0.29, 0.717) is 32.6 Å². The quantitative estimate of drug-likeness (QED) is 0.499. The number of pyridine rings is 1. The predicted molar refractivity (Wildman–Crippen MR) is 102 cm³/mol. The third-order valence-corrected chi connectivity index (χ3v) is 7.05. The monoisotopic (exact) mass is 428 g/mol. The van der Waals surface area contributed by atoms with Crippen LogP contribution >= 0.6 is 0 Å². The van der Waals surface area contributed by atoms with Crippen LogP contribution in [0.5, 0.6) is 5.88 Å². The number of fused-ring (bicyclic) bond motifs is 1. The van der Waals surface area contributed by atoms with Crippen molar-refractivity contribution in [2.24, 2.45) is 23.5 Å². The summed E-state index contributed by atoms with van der Waals surface area (Å²) in [5.41, 5.74) is 5.61. The van der Waals surface area contributed by atoms with Crippen molar-refractivity contribution < 1.29 is 27.1 Å². The highest BCUT2D eigenvalue weighted by Gasteiger charge is 2.61. The Morgan fingerprint density at radius 1 is 1.41 bits per heavy atom. The summed E-state index contributed by atoms with van der Waals surface area (Å²) in [7, 11) is -2.13. The van der Waals surface area contributed by atoms with E-state index in [9.17, 15) is 17.6 Å². The lowest BCUT2D eigenvalue weighted by Gasteiger charge is -2.19. The molecule has 2 heterocycles. The molecule has 1 aliphatic heterocycles. The molecule has 11 heteroatoms. The lowest BCUT2D eigenvalue weighted by Crippen LogP contribution is -2.36. The van der Waals surface area contributed by atoms with E-state index in [-0.39, 0.29) is 53.2 Å². The number of aromatic nitrogens is 1. The summed E-state index contributed by atoms with van der Waals surface area (Å²) in [4.78, 5) is 16.1. The van der Waals surface area contributed by atoms with Gasteiger partial charge in [-0.25, -0.2) is 17.8 Å². The fraction of sp³-hybridized carbons (Fsp3) is 0.556. The van der Waals surface area contributed by atoms with Crippen molar-refractivity contribution in [1.29, 1.82) is 0 Å². The van der Waals surface area contributed by atoms with Crippen molar-refractivity contribution in [3.05, 3.63) is 30.2 Å². The smallest absolute Gasteiger partial charge is 0.244 e. The van der Waals surface area contributed by atoms with Crippen LogP contribution in [0.3, 0.4) is 0 Å². The fourth-order valence-electron chi connectivity index (χ4n) is 3.52. The minimum atomic E-state index is -3.70. The SMILES string of the molecule is COCCNC(=O)C1[C@H]2CN(S(=O)(=O)c3ccc(OC/C(=C/F)CN)nc3)C[C@@H]12. The number of hydrogen-bond acceptors (Lipinski definition) is 7. The Balaban J connectivity index is 1.54. The molecule has 3 rings (SSSR count). The number of ether oxygens (including phenoxy) is 2. The zero-order valence-corrected chi connectivity index (χ0v) is 16.9. The van der Waals surface area contributed by atoms with Gasteiger partial charge in [0, 0.05) is 50.8 Å². The van der Waals surface area contributed by atoms with Gasteiger partial charge < -0.3 is 20.5 Å². The summed E-state index contributed by atoms with van der Waals surface area (Å²) < 4.78 is 49.7. The van der Waals surface area contributed by atoms with Crippen LogP contribution in [0.2, 0.25) is 0 Å². The van der Waals surface area contributed by atoms with Crippen molar-refractivity contribution in [3.63, 3.8) is 0 Å². The van der Waals surface area contributed by atoms with Crippen LogP contribution in [0.1, 0.15) is 0 Å². The van der Waals surface area contributed by atoms with Crippen molar-refractivity contribution in [2.75, 3.05) is 46.5 Å². The lowest BCUT2D eigenvalue weighted by atomic mass is 10.2. The molecule has 3 atom stereocenters. The number of halogens is 1. The molecule has 0 bridgehead atoms. The standard InChI is InChI=1S/C18H25FN4O5S/c1-27-5-4-21-18(24)17-14-9-23(10-15(14)17)29(25,26)13-2-3-16(22-8-13)28-11-12(6-19)7-20/h2-3,6,8,14-15,17H,4-5,7,9-11,20H2,1H3,(H,21,24)/b12-6+/t14-,15+,17?. The number of carbonyl (C=O) groups is 1. The number of carbonyl (C=O) groups excluding carboxylic acids is 1. The molecule has 3 N–H and O–H groups in total. The van der Waals surface area contributed by atoms with E-state index in [0.717, 1.165) is 0 Å². The van der Waals surface area contributed by atoms with Gasteiger partial charge in [0.1, 0.15) is 11.5 Å². The highest BCUT2D eigenvalue weighted by molar-refractivity contribution is 7.89. The second-order valence-corrected chi connectivity index (χ2v) is 8.99. The number of rotatable bonds is 10. The largest absolute Gasteiger partial charge is 0.473 e. The van der Waals surface area contributed by atoms with Crippen molar-refractivity contribution >= 4 is 15.9 Å². The van der Waals surface area contributed by atoms with Crippen LogP contribution in [0.25, 0.3) is 0 Å². The summed E-state index contributed by atoms with van der Waals surface area (Å²) in [5.74, 6) is 0.0906. The Morgan fingerprint density at radius 3 is 2.69 bits per heavy atom. The maximum absolute atomic E-state index is 12.8. The maximum Gasteiger partial charge on any atom is 0.244 e. The van der Waals surface area contributed by atoms with E-state index >= 15 is 0 Å². The molecule has 2 fully saturated rings. The fourth-order valence-corrected chi connectivity index (χ4v) is 4.98. The van der Waals surface area contributed by atoms with Gasteiger partial charge in [0.25, 0.3) is 0 Å². The molecule has 160 valence electrons. The van der Waals surface area contributed by atoms with Gasteiger partial charge >= 0.3 is 0 Å². The Morgan fingerprint density at radius 2 is 2.14 bits per heavy atom. The van der Waals surface area contributed by atoms with Gasteiger partial charge in [-0.2, -0.15) is 4.31 Å². The predicted octanol–water partition coefficient (Wildman–Crippen LogP) is -0.0984. The minimum Gasteiger partial charge on any atom is -0.473 e. The first kappa shape index (κ1) is 21.6. The van der Waals surface area contributed by atoms with Crippen LogP contribution in [0.4, 0.5) is 4.39 Å². The summed E-state index contributed by atoms with van der Waals surface area (Å²) in [5, 5.41) is 2.80. The number of nitrogens with one attached hydrogen (secondary N) is 1. The molecule has 1 amide bonds. The molecule has 2 aliphatic rings.